The summed E-state index contributed by atoms with van der Waals surface area (Å²) in [6, 6.07) is 3.88. The molecule has 100 valence electrons. The Morgan fingerprint density at radius 1 is 1.58 bits per heavy atom. The fourth-order valence-electron chi connectivity index (χ4n) is 1.98. The molecule has 6 heteroatoms. The van der Waals surface area contributed by atoms with Crippen LogP contribution in [0.25, 0.3) is 10.8 Å². The molecule has 0 spiro atoms. The number of amides is 1. The topological polar surface area (TPSA) is 66.6 Å². The van der Waals surface area contributed by atoms with Crippen molar-refractivity contribution in [2.75, 3.05) is 13.2 Å². The van der Waals surface area contributed by atoms with Crippen LogP contribution in [-0.2, 0) is 0 Å². The van der Waals surface area contributed by atoms with E-state index in [0.717, 1.165) is 12.8 Å². The van der Waals surface area contributed by atoms with Gasteiger partial charge in [0, 0.05) is 18.0 Å². The Bertz CT molecular complexity index is 560. The van der Waals surface area contributed by atoms with E-state index in [4.69, 9.17) is 9.52 Å². The molecule has 1 amide bonds. The molecule has 0 bridgehead atoms. The lowest BCUT2D eigenvalue weighted by Crippen LogP contribution is -2.35. The molecule has 1 saturated carbocycles. The number of rotatable bonds is 5. The van der Waals surface area contributed by atoms with E-state index in [0.29, 0.717) is 23.0 Å². The Balaban J connectivity index is 1.79. The van der Waals surface area contributed by atoms with Gasteiger partial charge in [-0.1, -0.05) is 0 Å². The zero-order chi connectivity index (χ0) is 13.2. The molecule has 2 aromatic heterocycles. The maximum Gasteiger partial charge on any atom is 0.273 e. The quantitative estimate of drug-likeness (QED) is 0.908. The molecule has 5 nitrogen and oxygen atoms in total. The third-order valence-electron chi connectivity index (χ3n) is 3.04. The number of carbonyl (C=O) groups is 1. The van der Waals surface area contributed by atoms with Gasteiger partial charge in [0.25, 0.3) is 5.91 Å². The summed E-state index contributed by atoms with van der Waals surface area (Å²) in [5.41, 5.74) is 0.428. The lowest BCUT2D eigenvalue weighted by Gasteiger charge is -2.19. The van der Waals surface area contributed by atoms with Crippen LogP contribution in [0.2, 0.25) is 0 Å². The van der Waals surface area contributed by atoms with Crippen LogP contribution in [0.4, 0.5) is 0 Å². The van der Waals surface area contributed by atoms with E-state index in [1.807, 2.05) is 6.07 Å². The first kappa shape index (κ1) is 12.4. The Hall–Kier alpha value is -1.66. The number of hydrogen-bond donors (Lipinski definition) is 1. The van der Waals surface area contributed by atoms with Gasteiger partial charge in [-0.05, 0) is 25.0 Å². The second-order valence-electron chi connectivity index (χ2n) is 4.47. The van der Waals surface area contributed by atoms with Crippen LogP contribution < -0.4 is 0 Å². The summed E-state index contributed by atoms with van der Waals surface area (Å²) in [6.07, 6.45) is 3.61. The van der Waals surface area contributed by atoms with Gasteiger partial charge in [-0.25, -0.2) is 4.98 Å². The van der Waals surface area contributed by atoms with Gasteiger partial charge in [-0.15, -0.1) is 11.3 Å². The normalized spacial score (nSPS) is 14.6. The van der Waals surface area contributed by atoms with Gasteiger partial charge in [-0.2, -0.15) is 0 Å². The minimum absolute atomic E-state index is 0.0165. The molecule has 1 aliphatic carbocycles. The lowest BCUT2D eigenvalue weighted by molar-refractivity contribution is 0.0702. The van der Waals surface area contributed by atoms with Crippen LogP contribution in [0.15, 0.2) is 28.2 Å². The first-order valence-electron chi connectivity index (χ1n) is 6.21. The number of thiazole rings is 1. The highest BCUT2D eigenvalue weighted by atomic mass is 32.1. The average molecular weight is 278 g/mol. The number of hydrogen-bond acceptors (Lipinski definition) is 5. The predicted octanol–water partition coefficient (Wildman–Crippen LogP) is 2.00. The lowest BCUT2D eigenvalue weighted by atomic mass is 10.3. The summed E-state index contributed by atoms with van der Waals surface area (Å²) in [4.78, 5) is 18.4. The minimum atomic E-state index is -0.106. The highest BCUT2D eigenvalue weighted by Gasteiger charge is 2.33. The fourth-order valence-corrected chi connectivity index (χ4v) is 2.74. The molecular formula is C13H14N2O3S. The zero-order valence-electron chi connectivity index (χ0n) is 10.3. The largest absolute Gasteiger partial charge is 0.462 e. The van der Waals surface area contributed by atoms with Crippen LogP contribution in [0.1, 0.15) is 23.3 Å². The van der Waals surface area contributed by atoms with Crippen molar-refractivity contribution in [3.8, 4) is 10.8 Å². The van der Waals surface area contributed by atoms with Crippen molar-refractivity contribution in [2.24, 2.45) is 0 Å². The Morgan fingerprint density at radius 3 is 3.05 bits per heavy atom. The average Bonchev–Trinajstić information content (AvgIpc) is 2.95. The van der Waals surface area contributed by atoms with E-state index in [-0.39, 0.29) is 18.6 Å². The number of aliphatic hydroxyl groups is 1. The summed E-state index contributed by atoms with van der Waals surface area (Å²) in [5, 5.41) is 11.5. The van der Waals surface area contributed by atoms with Crippen molar-refractivity contribution in [1.82, 2.24) is 9.88 Å². The molecule has 0 atom stereocenters. The summed E-state index contributed by atoms with van der Waals surface area (Å²) >= 11 is 1.39. The zero-order valence-corrected chi connectivity index (χ0v) is 11.1. The first-order chi connectivity index (χ1) is 9.29. The van der Waals surface area contributed by atoms with Gasteiger partial charge >= 0.3 is 0 Å². The monoisotopic (exact) mass is 278 g/mol. The number of aliphatic hydroxyl groups excluding tert-OH is 1. The maximum atomic E-state index is 12.3. The van der Waals surface area contributed by atoms with E-state index in [1.165, 1.54) is 11.3 Å². The van der Waals surface area contributed by atoms with Crippen molar-refractivity contribution >= 4 is 17.2 Å². The molecule has 0 unspecified atom stereocenters. The number of furan rings is 1. The molecule has 0 saturated heterocycles. The van der Waals surface area contributed by atoms with Gasteiger partial charge in [0.15, 0.2) is 10.8 Å². The molecule has 19 heavy (non-hydrogen) atoms. The first-order valence-corrected chi connectivity index (χ1v) is 7.09. The summed E-state index contributed by atoms with van der Waals surface area (Å²) < 4.78 is 5.26. The van der Waals surface area contributed by atoms with Crippen LogP contribution in [-0.4, -0.2) is 40.1 Å². The molecule has 1 N–H and O–H groups in total. The van der Waals surface area contributed by atoms with Crippen LogP contribution >= 0.6 is 11.3 Å². The second-order valence-corrected chi connectivity index (χ2v) is 5.33. The molecule has 3 rings (SSSR count). The molecule has 1 fully saturated rings. The van der Waals surface area contributed by atoms with Gasteiger partial charge in [0.2, 0.25) is 0 Å². The van der Waals surface area contributed by atoms with E-state index in [9.17, 15) is 4.79 Å². The van der Waals surface area contributed by atoms with Gasteiger partial charge in [0.05, 0.1) is 12.9 Å². The number of carbonyl (C=O) groups excluding carboxylic acids is 1. The van der Waals surface area contributed by atoms with E-state index < -0.39 is 0 Å². The van der Waals surface area contributed by atoms with Crippen molar-refractivity contribution in [3.63, 3.8) is 0 Å². The molecule has 2 heterocycles. The molecular weight excluding hydrogens is 264 g/mol. The van der Waals surface area contributed by atoms with Crippen molar-refractivity contribution < 1.29 is 14.3 Å². The van der Waals surface area contributed by atoms with Crippen LogP contribution in [0.3, 0.4) is 0 Å². The van der Waals surface area contributed by atoms with E-state index in [1.54, 1.807) is 22.6 Å². The van der Waals surface area contributed by atoms with Gasteiger partial charge in [0.1, 0.15) is 5.69 Å². The molecule has 1 aliphatic rings. The van der Waals surface area contributed by atoms with E-state index in [2.05, 4.69) is 4.98 Å². The molecule has 0 aliphatic heterocycles. The standard InChI is InChI=1S/C13H14N2O3S/c16-6-5-15(9-3-4-9)13(17)10-8-19-12(14-10)11-2-1-7-18-11/h1-2,7-9,16H,3-6H2. The third kappa shape index (κ3) is 2.54. The Morgan fingerprint density at radius 2 is 2.42 bits per heavy atom. The van der Waals surface area contributed by atoms with Gasteiger partial charge < -0.3 is 14.4 Å². The number of nitrogens with zero attached hydrogens (tertiary/aromatic N) is 2. The SMILES string of the molecule is O=C(c1csc(-c2ccco2)n1)N(CCO)C1CC1. The molecule has 0 radical (unpaired) electrons. The maximum absolute atomic E-state index is 12.3. The van der Waals surface area contributed by atoms with Crippen molar-refractivity contribution in [2.45, 2.75) is 18.9 Å². The fraction of sp³-hybridized carbons (Fsp3) is 0.385. The minimum Gasteiger partial charge on any atom is -0.462 e. The van der Waals surface area contributed by atoms with Gasteiger partial charge in [-0.3, -0.25) is 4.79 Å². The molecule has 2 aromatic rings. The predicted molar refractivity (Wildman–Crippen MR) is 71.0 cm³/mol. The Kier molecular flexibility index (Phi) is 3.35. The van der Waals surface area contributed by atoms with Crippen LogP contribution in [0.5, 0.6) is 0 Å². The summed E-state index contributed by atoms with van der Waals surface area (Å²) in [7, 11) is 0. The number of aromatic nitrogens is 1. The van der Waals surface area contributed by atoms with Crippen molar-refractivity contribution in [3.05, 3.63) is 29.5 Å². The van der Waals surface area contributed by atoms with E-state index >= 15 is 0 Å². The summed E-state index contributed by atoms with van der Waals surface area (Å²) in [6.45, 7) is 0.356. The van der Waals surface area contributed by atoms with Crippen molar-refractivity contribution in [1.29, 1.82) is 0 Å². The highest BCUT2D eigenvalue weighted by molar-refractivity contribution is 7.13. The Labute approximate surface area is 114 Å². The third-order valence-corrected chi connectivity index (χ3v) is 3.90. The summed E-state index contributed by atoms with van der Waals surface area (Å²) in [5.74, 6) is 0.565. The highest BCUT2D eigenvalue weighted by Crippen LogP contribution is 2.29. The molecule has 0 aromatic carbocycles. The second kappa shape index (κ2) is 5.14. The smallest absolute Gasteiger partial charge is 0.273 e. The van der Waals surface area contributed by atoms with Crippen LogP contribution in [0, 0.1) is 0 Å².